The number of methoxy groups -OCH3 is 2. The predicted molar refractivity (Wildman–Crippen MR) is 127 cm³/mol. The molecule has 2 aliphatic rings. The van der Waals surface area contributed by atoms with E-state index >= 15 is 0 Å². The number of benzene rings is 3. The van der Waals surface area contributed by atoms with E-state index in [1.54, 1.807) is 31.4 Å². The average Bonchev–Trinajstić information content (AvgIpc) is 2.97. The van der Waals surface area contributed by atoms with Crippen molar-refractivity contribution in [2.24, 2.45) is 0 Å². The number of ether oxygens (including phenoxy) is 3. The van der Waals surface area contributed by atoms with Gasteiger partial charge in [0.05, 0.1) is 30.4 Å². The van der Waals surface area contributed by atoms with Crippen LogP contribution in [-0.2, 0) is 23.0 Å². The zero-order valence-corrected chi connectivity index (χ0v) is 20.0. The summed E-state index contributed by atoms with van der Waals surface area (Å²) in [6.45, 7) is 0.482. The van der Waals surface area contributed by atoms with Gasteiger partial charge < -0.3 is 19.5 Å². The van der Waals surface area contributed by atoms with E-state index in [-0.39, 0.29) is 22.8 Å². The van der Waals surface area contributed by atoms with E-state index < -0.39 is 15.9 Å². The molecule has 0 unspecified atom stereocenters. The Hall–Kier alpha value is -3.27. The minimum absolute atomic E-state index is 0.0120. The molecule has 3 aromatic rings. The number of nitrogens with one attached hydrogen (secondary N) is 1. The van der Waals surface area contributed by atoms with Gasteiger partial charge in [0, 0.05) is 18.1 Å². The van der Waals surface area contributed by atoms with Gasteiger partial charge in [-0.25, -0.2) is 8.42 Å². The molecule has 0 bridgehead atoms. The molecule has 34 heavy (non-hydrogen) atoms. The number of hydrogen-bond donors (Lipinski definition) is 1. The number of sulfonamides is 1. The van der Waals surface area contributed by atoms with Crippen molar-refractivity contribution in [2.45, 2.75) is 17.9 Å². The molecule has 1 N–H and O–H groups in total. The fourth-order valence-electron chi connectivity index (χ4n) is 4.14. The third-order valence-corrected chi connectivity index (χ3v) is 8.00. The first-order valence-electron chi connectivity index (χ1n) is 10.5. The standard InChI is InChI=1S/C24H21ClN2O6S/c1-31-22-9-14-7-8-27(13-15(14)10-23(22)32-2)34(29,30)17-4-6-20-18(12-17)24(28)26-19-11-16(25)3-5-21(19)33-20/h3-6,9-12H,7-8,13H2,1-2H3,(H,26,28). The Bertz CT molecular complexity index is 1420. The second kappa shape index (κ2) is 8.50. The molecule has 0 saturated heterocycles. The molecule has 10 heteroatoms. The Morgan fingerprint density at radius 1 is 0.971 bits per heavy atom. The molecular formula is C24H21ClN2O6S. The topological polar surface area (TPSA) is 94.2 Å². The highest BCUT2D eigenvalue weighted by Crippen LogP contribution is 2.39. The van der Waals surface area contributed by atoms with Crippen LogP contribution in [0.25, 0.3) is 0 Å². The zero-order chi connectivity index (χ0) is 24.0. The van der Waals surface area contributed by atoms with Crippen LogP contribution in [0.5, 0.6) is 23.0 Å². The zero-order valence-electron chi connectivity index (χ0n) is 18.4. The number of carbonyl (C=O) groups is 1. The van der Waals surface area contributed by atoms with E-state index in [0.29, 0.717) is 40.9 Å². The quantitative estimate of drug-likeness (QED) is 0.568. The summed E-state index contributed by atoms with van der Waals surface area (Å²) in [5, 5.41) is 3.17. The van der Waals surface area contributed by atoms with E-state index in [4.69, 9.17) is 25.8 Å². The van der Waals surface area contributed by atoms with Crippen LogP contribution in [0.1, 0.15) is 21.5 Å². The fourth-order valence-corrected chi connectivity index (χ4v) is 5.76. The highest BCUT2D eigenvalue weighted by Gasteiger charge is 2.31. The molecule has 5 rings (SSSR count). The maximum atomic E-state index is 13.5. The summed E-state index contributed by atoms with van der Waals surface area (Å²) in [6, 6.07) is 12.8. The monoisotopic (exact) mass is 500 g/mol. The SMILES string of the molecule is COc1cc2c(cc1OC)CN(S(=O)(=O)c1ccc3c(c1)C(=O)Nc1cc(Cl)ccc1O3)CC2. The van der Waals surface area contributed by atoms with Gasteiger partial charge in [-0.1, -0.05) is 11.6 Å². The minimum atomic E-state index is -3.88. The molecule has 0 aromatic heterocycles. The lowest BCUT2D eigenvalue weighted by Gasteiger charge is -2.29. The maximum Gasteiger partial charge on any atom is 0.259 e. The van der Waals surface area contributed by atoms with Crippen molar-refractivity contribution >= 4 is 33.2 Å². The molecule has 3 aromatic carbocycles. The number of fused-ring (bicyclic) bond motifs is 3. The Kier molecular flexibility index (Phi) is 5.63. The lowest BCUT2D eigenvalue weighted by molar-refractivity contribution is 0.102. The van der Waals surface area contributed by atoms with Gasteiger partial charge in [-0.3, -0.25) is 4.79 Å². The van der Waals surface area contributed by atoms with Crippen LogP contribution >= 0.6 is 11.6 Å². The molecule has 8 nitrogen and oxygen atoms in total. The van der Waals surface area contributed by atoms with Crippen molar-refractivity contribution in [2.75, 3.05) is 26.1 Å². The fraction of sp³-hybridized carbons (Fsp3) is 0.208. The molecule has 1 amide bonds. The molecule has 0 atom stereocenters. The summed E-state index contributed by atoms with van der Waals surface area (Å²) in [7, 11) is -0.775. The van der Waals surface area contributed by atoms with Crippen molar-refractivity contribution in [3.05, 3.63) is 70.2 Å². The molecule has 0 spiro atoms. The molecule has 176 valence electrons. The summed E-state index contributed by atoms with van der Waals surface area (Å²) in [4.78, 5) is 12.9. The summed E-state index contributed by atoms with van der Waals surface area (Å²) in [6.07, 6.45) is 0.527. The average molecular weight is 501 g/mol. The maximum absolute atomic E-state index is 13.5. The Labute approximate surface area is 202 Å². The van der Waals surface area contributed by atoms with Crippen LogP contribution in [0.4, 0.5) is 5.69 Å². The van der Waals surface area contributed by atoms with Crippen LogP contribution in [0, 0.1) is 0 Å². The van der Waals surface area contributed by atoms with Crippen LogP contribution in [0.3, 0.4) is 0 Å². The highest BCUT2D eigenvalue weighted by molar-refractivity contribution is 7.89. The molecule has 0 fully saturated rings. The first-order chi connectivity index (χ1) is 16.3. The number of carbonyl (C=O) groups excluding carboxylic acids is 1. The number of anilines is 1. The number of amides is 1. The predicted octanol–water partition coefficient (Wildman–Crippen LogP) is 4.46. The normalized spacial score (nSPS) is 15.2. The summed E-state index contributed by atoms with van der Waals surface area (Å²) in [5.41, 5.74) is 2.39. The lowest BCUT2D eigenvalue weighted by Crippen LogP contribution is -2.36. The van der Waals surface area contributed by atoms with E-state index in [1.807, 2.05) is 6.07 Å². The van der Waals surface area contributed by atoms with Gasteiger partial charge in [0.15, 0.2) is 17.2 Å². The minimum Gasteiger partial charge on any atom is -0.493 e. The third-order valence-electron chi connectivity index (χ3n) is 5.93. The van der Waals surface area contributed by atoms with Gasteiger partial charge >= 0.3 is 0 Å². The van der Waals surface area contributed by atoms with E-state index in [1.165, 1.54) is 29.6 Å². The summed E-state index contributed by atoms with van der Waals surface area (Å²) < 4.78 is 45.0. The summed E-state index contributed by atoms with van der Waals surface area (Å²) >= 11 is 6.03. The van der Waals surface area contributed by atoms with Crippen LogP contribution in [-0.4, -0.2) is 39.4 Å². The van der Waals surface area contributed by atoms with Crippen LogP contribution in [0.15, 0.2) is 53.4 Å². The molecule has 2 heterocycles. The van der Waals surface area contributed by atoms with Crippen molar-refractivity contribution in [3.63, 3.8) is 0 Å². The largest absolute Gasteiger partial charge is 0.493 e. The van der Waals surface area contributed by atoms with Crippen molar-refractivity contribution in [3.8, 4) is 23.0 Å². The van der Waals surface area contributed by atoms with Crippen LogP contribution < -0.4 is 19.5 Å². The van der Waals surface area contributed by atoms with Crippen molar-refractivity contribution < 1.29 is 27.4 Å². The molecular weight excluding hydrogens is 480 g/mol. The van der Waals surface area contributed by atoms with E-state index in [2.05, 4.69) is 5.32 Å². The van der Waals surface area contributed by atoms with Gasteiger partial charge in [-0.2, -0.15) is 4.31 Å². The number of halogens is 1. The smallest absolute Gasteiger partial charge is 0.259 e. The second-order valence-corrected chi connectivity index (χ2v) is 10.3. The van der Waals surface area contributed by atoms with Gasteiger partial charge in [0.25, 0.3) is 5.91 Å². The molecule has 0 aliphatic carbocycles. The van der Waals surface area contributed by atoms with E-state index in [0.717, 1.165) is 11.1 Å². The molecule has 0 radical (unpaired) electrons. The van der Waals surface area contributed by atoms with Gasteiger partial charge in [0.1, 0.15) is 5.75 Å². The third kappa shape index (κ3) is 3.85. The van der Waals surface area contributed by atoms with E-state index in [9.17, 15) is 13.2 Å². The Morgan fingerprint density at radius 2 is 1.68 bits per heavy atom. The Balaban J connectivity index is 1.47. The number of hydrogen-bond acceptors (Lipinski definition) is 6. The molecule has 0 saturated carbocycles. The van der Waals surface area contributed by atoms with Crippen molar-refractivity contribution in [1.29, 1.82) is 0 Å². The Morgan fingerprint density at radius 3 is 2.41 bits per heavy atom. The number of nitrogens with zero attached hydrogens (tertiary/aromatic N) is 1. The first kappa shape index (κ1) is 22.5. The van der Waals surface area contributed by atoms with Gasteiger partial charge in [0.2, 0.25) is 10.0 Å². The van der Waals surface area contributed by atoms with Gasteiger partial charge in [-0.15, -0.1) is 0 Å². The first-order valence-corrected chi connectivity index (χ1v) is 12.3. The second-order valence-electron chi connectivity index (χ2n) is 7.92. The lowest BCUT2D eigenvalue weighted by atomic mass is 10.0. The van der Waals surface area contributed by atoms with Gasteiger partial charge in [-0.05, 0) is 66.1 Å². The van der Waals surface area contributed by atoms with Crippen molar-refractivity contribution in [1.82, 2.24) is 4.31 Å². The highest BCUT2D eigenvalue weighted by atomic mass is 35.5. The number of rotatable bonds is 4. The molecule has 2 aliphatic heterocycles. The van der Waals surface area contributed by atoms with Crippen LogP contribution in [0.2, 0.25) is 5.02 Å². The summed E-state index contributed by atoms with van der Waals surface area (Å²) in [5.74, 6) is 1.35.